The van der Waals surface area contributed by atoms with E-state index in [2.05, 4.69) is 10.3 Å². The molecule has 2 heterocycles. The Kier molecular flexibility index (Phi) is 5.02. The third-order valence-corrected chi connectivity index (χ3v) is 5.39. The number of amides is 2. The predicted octanol–water partition coefficient (Wildman–Crippen LogP) is 4.36. The van der Waals surface area contributed by atoms with Crippen LogP contribution in [0.4, 0.5) is 14.9 Å². The summed E-state index contributed by atoms with van der Waals surface area (Å²) >= 11 is 6.06. The van der Waals surface area contributed by atoms with Gasteiger partial charge in [0.1, 0.15) is 5.82 Å². The molecule has 6 nitrogen and oxygen atoms in total. The number of carbonyl (C=O) groups is 1. The first-order chi connectivity index (χ1) is 13.8. The fourth-order valence-electron chi connectivity index (χ4n) is 3.60. The van der Waals surface area contributed by atoms with Crippen LogP contribution in [0.2, 0.25) is 5.02 Å². The van der Waals surface area contributed by atoms with Crippen LogP contribution in [0.15, 0.2) is 41.2 Å². The Balaban J connectivity index is 1.70. The minimum Gasteiger partial charge on any atom is -0.373 e. The summed E-state index contributed by atoms with van der Waals surface area (Å²) < 4.78 is 19.1. The van der Waals surface area contributed by atoms with Crippen LogP contribution in [0.1, 0.15) is 22.9 Å². The fourth-order valence-corrected chi connectivity index (χ4v) is 3.78. The first-order valence-corrected chi connectivity index (χ1v) is 9.45. The molecule has 1 aliphatic heterocycles. The average molecular weight is 416 g/mol. The van der Waals surface area contributed by atoms with Gasteiger partial charge in [0.15, 0.2) is 0 Å². The molecule has 0 fully saturated rings. The van der Waals surface area contributed by atoms with Crippen molar-refractivity contribution in [3.63, 3.8) is 0 Å². The van der Waals surface area contributed by atoms with Crippen LogP contribution in [0.25, 0.3) is 10.8 Å². The van der Waals surface area contributed by atoms with Gasteiger partial charge in [-0.25, -0.2) is 9.18 Å². The topological polar surface area (TPSA) is 74.4 Å². The molecule has 2 N–H and O–H groups in total. The molecule has 0 unspecified atom stereocenters. The molecule has 0 aliphatic carbocycles. The number of pyridine rings is 1. The number of ether oxygens (including phenoxy) is 1. The Morgan fingerprint density at radius 3 is 2.83 bits per heavy atom. The number of nitrogens with one attached hydrogen (secondary N) is 2. The van der Waals surface area contributed by atoms with Crippen LogP contribution >= 0.6 is 11.6 Å². The van der Waals surface area contributed by atoms with Gasteiger partial charge in [-0.15, -0.1) is 0 Å². The van der Waals surface area contributed by atoms with Crippen LogP contribution in [-0.4, -0.2) is 29.6 Å². The van der Waals surface area contributed by atoms with Gasteiger partial charge in [-0.2, -0.15) is 0 Å². The Morgan fingerprint density at radius 1 is 1.28 bits per heavy atom. The second kappa shape index (κ2) is 7.50. The standard InChI is InChI=1S/C21H19ClFN3O3/c1-11-7-13(4-6-16(11)23)24-21(28)26(2)18-10-29-9-17-19(18)14-5-3-12(22)8-15(14)20(27)25-17/h3-8,18H,9-10H2,1-2H3,(H,24,28)(H,25,27)/t18-/m0/s1. The lowest BCUT2D eigenvalue weighted by Gasteiger charge is -2.33. The molecule has 8 heteroatoms. The first kappa shape index (κ1) is 19.4. The van der Waals surface area contributed by atoms with E-state index >= 15 is 0 Å². The molecule has 29 heavy (non-hydrogen) atoms. The van der Waals surface area contributed by atoms with Crippen molar-refractivity contribution in [3.05, 3.63) is 74.4 Å². The van der Waals surface area contributed by atoms with E-state index in [9.17, 15) is 14.0 Å². The minimum atomic E-state index is -0.416. The maximum Gasteiger partial charge on any atom is 0.322 e. The lowest BCUT2D eigenvalue weighted by atomic mass is 9.96. The van der Waals surface area contributed by atoms with Gasteiger partial charge in [-0.1, -0.05) is 17.7 Å². The number of rotatable bonds is 2. The molecule has 0 radical (unpaired) electrons. The summed E-state index contributed by atoms with van der Waals surface area (Å²) in [5.41, 5.74) is 2.15. The number of benzene rings is 2. The number of nitrogens with zero attached hydrogens (tertiary/aromatic N) is 1. The van der Waals surface area contributed by atoms with Crippen molar-refractivity contribution >= 4 is 34.1 Å². The lowest BCUT2D eigenvalue weighted by molar-refractivity contribution is 0.0527. The first-order valence-electron chi connectivity index (χ1n) is 9.07. The number of carbonyl (C=O) groups excluding carboxylic acids is 1. The molecule has 1 atom stereocenters. The number of H-pyrrole nitrogens is 1. The molecular weight excluding hydrogens is 397 g/mol. The monoisotopic (exact) mass is 415 g/mol. The molecule has 3 aromatic rings. The largest absolute Gasteiger partial charge is 0.373 e. The zero-order valence-corrected chi connectivity index (χ0v) is 16.6. The highest BCUT2D eigenvalue weighted by molar-refractivity contribution is 6.31. The normalized spacial score (nSPS) is 15.8. The van der Waals surface area contributed by atoms with Gasteiger partial charge in [-0.05, 0) is 48.2 Å². The zero-order chi connectivity index (χ0) is 20.7. The summed E-state index contributed by atoms with van der Waals surface area (Å²) in [5, 5.41) is 4.44. The molecule has 0 spiro atoms. The lowest BCUT2D eigenvalue weighted by Crippen LogP contribution is -2.39. The molecule has 150 valence electrons. The summed E-state index contributed by atoms with van der Waals surface area (Å²) in [5.74, 6) is -0.333. The van der Waals surface area contributed by atoms with Crippen molar-refractivity contribution in [2.75, 3.05) is 19.0 Å². The summed E-state index contributed by atoms with van der Waals surface area (Å²) in [4.78, 5) is 29.6. The van der Waals surface area contributed by atoms with E-state index in [4.69, 9.17) is 16.3 Å². The number of aryl methyl sites for hydroxylation is 1. The Labute approximate surface area is 171 Å². The van der Waals surface area contributed by atoms with Gasteiger partial charge in [0, 0.05) is 34.4 Å². The van der Waals surface area contributed by atoms with Crippen LogP contribution in [-0.2, 0) is 11.3 Å². The molecule has 2 aromatic carbocycles. The van der Waals surface area contributed by atoms with Crippen molar-refractivity contribution in [2.45, 2.75) is 19.6 Å². The van der Waals surface area contributed by atoms with Crippen molar-refractivity contribution in [2.24, 2.45) is 0 Å². The van der Waals surface area contributed by atoms with Gasteiger partial charge < -0.3 is 19.9 Å². The minimum absolute atomic E-state index is 0.251. The van der Waals surface area contributed by atoms with E-state index in [1.54, 1.807) is 38.2 Å². The number of anilines is 1. The maximum atomic E-state index is 13.5. The quantitative estimate of drug-likeness (QED) is 0.652. The third kappa shape index (κ3) is 3.59. The number of likely N-dealkylation sites (N-methyl/N-ethyl adjacent to an activating group) is 1. The van der Waals surface area contributed by atoms with Crippen molar-refractivity contribution < 1.29 is 13.9 Å². The van der Waals surface area contributed by atoms with E-state index in [1.165, 1.54) is 17.0 Å². The highest BCUT2D eigenvalue weighted by atomic mass is 35.5. The molecule has 4 rings (SSSR count). The summed E-state index contributed by atoms with van der Waals surface area (Å²) in [6, 6.07) is 8.73. The highest BCUT2D eigenvalue weighted by Crippen LogP contribution is 2.33. The second-order valence-electron chi connectivity index (χ2n) is 7.07. The van der Waals surface area contributed by atoms with Crippen molar-refractivity contribution in [1.82, 2.24) is 9.88 Å². The summed E-state index contributed by atoms with van der Waals surface area (Å²) in [7, 11) is 1.65. The van der Waals surface area contributed by atoms with Crippen LogP contribution in [0.5, 0.6) is 0 Å². The molecule has 1 aromatic heterocycles. The number of aromatic nitrogens is 1. The van der Waals surface area contributed by atoms with Crippen molar-refractivity contribution in [3.8, 4) is 0 Å². The number of halogens is 2. The molecule has 0 saturated heterocycles. The third-order valence-electron chi connectivity index (χ3n) is 5.16. The number of urea groups is 1. The van der Waals surface area contributed by atoms with Crippen LogP contribution in [0.3, 0.4) is 0 Å². The number of aromatic amines is 1. The maximum absolute atomic E-state index is 13.5. The molecule has 1 aliphatic rings. The number of hydrogen-bond acceptors (Lipinski definition) is 3. The number of fused-ring (bicyclic) bond motifs is 3. The van der Waals surface area contributed by atoms with E-state index < -0.39 is 6.04 Å². The SMILES string of the molecule is Cc1cc(NC(=O)N(C)[C@H]2COCc3[nH]c(=O)c4cc(Cl)ccc4c32)ccc1F. The van der Waals surface area contributed by atoms with Crippen LogP contribution < -0.4 is 10.9 Å². The summed E-state index contributed by atoms with van der Waals surface area (Å²) in [6.07, 6.45) is 0. The average Bonchev–Trinajstić information content (AvgIpc) is 2.70. The van der Waals surface area contributed by atoms with Gasteiger partial charge in [0.25, 0.3) is 5.56 Å². The van der Waals surface area contributed by atoms with E-state index in [0.29, 0.717) is 27.4 Å². The van der Waals surface area contributed by atoms with Gasteiger partial charge in [0.05, 0.1) is 19.3 Å². The fraction of sp³-hybridized carbons (Fsp3) is 0.238. The summed E-state index contributed by atoms with van der Waals surface area (Å²) in [6.45, 7) is 2.17. The van der Waals surface area contributed by atoms with Crippen molar-refractivity contribution in [1.29, 1.82) is 0 Å². The van der Waals surface area contributed by atoms with Gasteiger partial charge in [0.2, 0.25) is 0 Å². The second-order valence-corrected chi connectivity index (χ2v) is 7.51. The smallest absolute Gasteiger partial charge is 0.322 e. The Morgan fingerprint density at radius 2 is 2.07 bits per heavy atom. The highest BCUT2D eigenvalue weighted by Gasteiger charge is 2.30. The van der Waals surface area contributed by atoms with Crippen LogP contribution in [0, 0.1) is 12.7 Å². The molecule has 0 bridgehead atoms. The van der Waals surface area contributed by atoms with E-state index in [0.717, 1.165) is 10.9 Å². The molecular formula is C21H19ClFN3O3. The van der Waals surface area contributed by atoms with E-state index in [1.807, 2.05) is 0 Å². The van der Waals surface area contributed by atoms with Gasteiger partial charge in [-0.3, -0.25) is 4.79 Å². The Bertz CT molecular complexity index is 1180. The molecule has 2 amide bonds. The Hall–Kier alpha value is -2.90. The number of hydrogen-bond donors (Lipinski definition) is 2. The molecule has 0 saturated carbocycles. The van der Waals surface area contributed by atoms with E-state index in [-0.39, 0.29) is 30.6 Å². The predicted molar refractivity (Wildman–Crippen MR) is 110 cm³/mol. The van der Waals surface area contributed by atoms with Gasteiger partial charge >= 0.3 is 6.03 Å². The zero-order valence-electron chi connectivity index (χ0n) is 15.9.